The van der Waals surface area contributed by atoms with Crippen LogP contribution in [0.2, 0.25) is 0 Å². The highest BCUT2D eigenvalue weighted by Crippen LogP contribution is 2.37. The average molecular weight is 220 g/mol. The molecule has 1 aromatic rings. The molecule has 2 heterocycles. The summed E-state index contributed by atoms with van der Waals surface area (Å²) in [6, 6.07) is 0.590. The van der Waals surface area contributed by atoms with E-state index in [-0.39, 0.29) is 0 Å². The van der Waals surface area contributed by atoms with Gasteiger partial charge in [0.05, 0.1) is 5.69 Å². The molecule has 1 saturated carbocycles. The van der Waals surface area contributed by atoms with Crippen LogP contribution in [0.25, 0.3) is 0 Å². The second-order valence-electron chi connectivity index (χ2n) is 5.17. The molecule has 0 amide bonds. The molecule has 1 saturated heterocycles. The molecule has 1 aromatic heterocycles. The molecule has 2 aliphatic rings. The van der Waals surface area contributed by atoms with Gasteiger partial charge in [-0.2, -0.15) is 0 Å². The SMILES string of the molecule is Cc1oc(CC2CCCN2)nc1C1CCC1. The molecule has 3 nitrogen and oxygen atoms in total. The highest BCUT2D eigenvalue weighted by atomic mass is 16.4. The van der Waals surface area contributed by atoms with Crippen molar-refractivity contribution in [2.75, 3.05) is 6.54 Å². The van der Waals surface area contributed by atoms with E-state index in [9.17, 15) is 0 Å². The van der Waals surface area contributed by atoms with E-state index in [1.54, 1.807) is 0 Å². The third-order valence-corrected chi connectivity index (χ3v) is 3.95. The summed E-state index contributed by atoms with van der Waals surface area (Å²) in [4.78, 5) is 4.69. The Hall–Kier alpha value is -0.830. The van der Waals surface area contributed by atoms with Crippen molar-refractivity contribution >= 4 is 0 Å². The van der Waals surface area contributed by atoms with Crippen LogP contribution in [0.15, 0.2) is 4.42 Å². The first kappa shape index (κ1) is 10.3. The molecular formula is C13H20N2O. The number of aryl methyl sites for hydroxylation is 1. The van der Waals surface area contributed by atoms with Crippen molar-refractivity contribution in [3.05, 3.63) is 17.3 Å². The van der Waals surface area contributed by atoms with Crippen molar-refractivity contribution < 1.29 is 4.42 Å². The standard InChI is InChI=1S/C13H20N2O/c1-9-13(10-4-2-5-10)15-12(16-9)8-11-6-3-7-14-11/h10-11,14H,2-8H2,1H3. The number of hydrogen-bond acceptors (Lipinski definition) is 3. The molecule has 1 unspecified atom stereocenters. The minimum atomic E-state index is 0.590. The smallest absolute Gasteiger partial charge is 0.196 e. The van der Waals surface area contributed by atoms with Gasteiger partial charge in [-0.1, -0.05) is 6.42 Å². The van der Waals surface area contributed by atoms with Crippen LogP contribution in [0.4, 0.5) is 0 Å². The first-order valence-electron chi connectivity index (χ1n) is 6.52. The van der Waals surface area contributed by atoms with E-state index in [2.05, 4.69) is 17.2 Å². The molecule has 3 heteroatoms. The molecule has 1 aliphatic heterocycles. The second-order valence-corrected chi connectivity index (χ2v) is 5.17. The summed E-state index contributed by atoms with van der Waals surface area (Å²) in [5.74, 6) is 2.69. The first-order chi connectivity index (χ1) is 7.83. The molecule has 3 rings (SSSR count). The zero-order chi connectivity index (χ0) is 11.0. The van der Waals surface area contributed by atoms with Crippen LogP contribution < -0.4 is 5.32 Å². The topological polar surface area (TPSA) is 38.1 Å². The van der Waals surface area contributed by atoms with Crippen molar-refractivity contribution in [3.8, 4) is 0 Å². The van der Waals surface area contributed by atoms with E-state index >= 15 is 0 Å². The number of hydrogen-bond donors (Lipinski definition) is 1. The predicted molar refractivity (Wildman–Crippen MR) is 62.6 cm³/mol. The van der Waals surface area contributed by atoms with Gasteiger partial charge in [0.25, 0.3) is 0 Å². The Morgan fingerprint density at radius 2 is 2.19 bits per heavy atom. The zero-order valence-electron chi connectivity index (χ0n) is 9.96. The van der Waals surface area contributed by atoms with Crippen LogP contribution in [-0.4, -0.2) is 17.6 Å². The highest BCUT2D eigenvalue weighted by Gasteiger charge is 2.26. The normalized spacial score (nSPS) is 25.9. The van der Waals surface area contributed by atoms with Gasteiger partial charge >= 0.3 is 0 Å². The maximum Gasteiger partial charge on any atom is 0.196 e. The fourth-order valence-corrected chi connectivity index (χ4v) is 2.75. The summed E-state index contributed by atoms with van der Waals surface area (Å²) in [6.07, 6.45) is 7.48. The minimum absolute atomic E-state index is 0.590. The molecular weight excluding hydrogens is 200 g/mol. The lowest BCUT2D eigenvalue weighted by Gasteiger charge is -2.23. The summed E-state index contributed by atoms with van der Waals surface area (Å²) < 4.78 is 5.78. The maximum atomic E-state index is 5.78. The fraction of sp³-hybridized carbons (Fsp3) is 0.769. The Morgan fingerprint density at radius 1 is 1.31 bits per heavy atom. The Balaban J connectivity index is 1.70. The van der Waals surface area contributed by atoms with Gasteiger partial charge in [-0.3, -0.25) is 0 Å². The van der Waals surface area contributed by atoms with Crippen molar-refractivity contribution in [1.29, 1.82) is 0 Å². The largest absolute Gasteiger partial charge is 0.446 e. The van der Waals surface area contributed by atoms with Crippen LogP contribution in [0.3, 0.4) is 0 Å². The van der Waals surface area contributed by atoms with Crippen LogP contribution in [0, 0.1) is 6.92 Å². The third kappa shape index (κ3) is 1.88. The van der Waals surface area contributed by atoms with E-state index in [4.69, 9.17) is 4.42 Å². The van der Waals surface area contributed by atoms with E-state index in [1.807, 2.05) is 0 Å². The predicted octanol–water partition coefficient (Wildman–Crippen LogP) is 2.55. The van der Waals surface area contributed by atoms with Gasteiger partial charge in [0, 0.05) is 18.4 Å². The Kier molecular flexibility index (Phi) is 2.72. The Labute approximate surface area is 96.6 Å². The molecule has 1 atom stereocenters. The number of oxazole rings is 1. The Morgan fingerprint density at radius 3 is 2.81 bits per heavy atom. The molecule has 0 radical (unpaired) electrons. The van der Waals surface area contributed by atoms with Gasteiger partial charge in [-0.05, 0) is 39.2 Å². The number of rotatable bonds is 3. The molecule has 16 heavy (non-hydrogen) atoms. The molecule has 2 fully saturated rings. The van der Waals surface area contributed by atoms with E-state index in [0.717, 1.165) is 24.6 Å². The van der Waals surface area contributed by atoms with Crippen molar-refractivity contribution in [2.24, 2.45) is 0 Å². The van der Waals surface area contributed by atoms with Crippen LogP contribution in [0.5, 0.6) is 0 Å². The van der Waals surface area contributed by atoms with Crippen LogP contribution >= 0.6 is 0 Å². The van der Waals surface area contributed by atoms with Gasteiger partial charge in [0.2, 0.25) is 0 Å². The second kappa shape index (κ2) is 4.21. The summed E-state index contributed by atoms with van der Waals surface area (Å²) in [5.41, 5.74) is 1.24. The van der Waals surface area contributed by atoms with Gasteiger partial charge in [-0.25, -0.2) is 4.98 Å². The molecule has 0 aromatic carbocycles. The highest BCUT2D eigenvalue weighted by molar-refractivity contribution is 5.16. The summed E-state index contributed by atoms with van der Waals surface area (Å²) in [7, 11) is 0. The van der Waals surface area contributed by atoms with E-state index in [0.29, 0.717) is 12.0 Å². The number of nitrogens with zero attached hydrogens (tertiary/aromatic N) is 1. The summed E-state index contributed by atoms with van der Waals surface area (Å²) in [5, 5.41) is 3.49. The maximum absolute atomic E-state index is 5.78. The van der Waals surface area contributed by atoms with Gasteiger partial charge in [0.1, 0.15) is 5.76 Å². The monoisotopic (exact) mass is 220 g/mol. The number of nitrogens with one attached hydrogen (secondary N) is 1. The lowest BCUT2D eigenvalue weighted by molar-refractivity contribution is 0.404. The third-order valence-electron chi connectivity index (χ3n) is 3.95. The van der Waals surface area contributed by atoms with Gasteiger partial charge in [-0.15, -0.1) is 0 Å². The van der Waals surface area contributed by atoms with E-state index < -0.39 is 0 Å². The average Bonchev–Trinajstić information content (AvgIpc) is 2.76. The fourth-order valence-electron chi connectivity index (χ4n) is 2.75. The molecule has 88 valence electrons. The lowest BCUT2D eigenvalue weighted by atomic mass is 9.82. The van der Waals surface area contributed by atoms with Gasteiger partial charge < -0.3 is 9.73 Å². The van der Waals surface area contributed by atoms with Crippen molar-refractivity contribution in [2.45, 2.75) is 57.4 Å². The van der Waals surface area contributed by atoms with Crippen LogP contribution in [0.1, 0.15) is 55.4 Å². The molecule has 1 aliphatic carbocycles. The quantitative estimate of drug-likeness (QED) is 0.850. The zero-order valence-corrected chi connectivity index (χ0v) is 9.96. The van der Waals surface area contributed by atoms with E-state index in [1.165, 1.54) is 37.8 Å². The van der Waals surface area contributed by atoms with Crippen LogP contribution in [-0.2, 0) is 6.42 Å². The minimum Gasteiger partial charge on any atom is -0.446 e. The lowest BCUT2D eigenvalue weighted by Crippen LogP contribution is -2.23. The number of aromatic nitrogens is 1. The molecule has 0 bridgehead atoms. The van der Waals surface area contributed by atoms with Gasteiger partial charge in [0.15, 0.2) is 5.89 Å². The molecule has 1 N–H and O–H groups in total. The summed E-state index contributed by atoms with van der Waals surface area (Å²) >= 11 is 0. The molecule has 0 spiro atoms. The Bertz CT molecular complexity index is 362. The van der Waals surface area contributed by atoms with Crippen molar-refractivity contribution in [1.82, 2.24) is 10.3 Å². The summed E-state index contributed by atoms with van der Waals surface area (Å²) in [6.45, 7) is 3.21. The first-order valence-corrected chi connectivity index (χ1v) is 6.52. The van der Waals surface area contributed by atoms with Crippen molar-refractivity contribution in [3.63, 3.8) is 0 Å².